The summed E-state index contributed by atoms with van der Waals surface area (Å²) in [5.74, 6) is 1.56. The third kappa shape index (κ3) is 2.26. The van der Waals surface area contributed by atoms with E-state index in [2.05, 4.69) is 19.9 Å². The summed E-state index contributed by atoms with van der Waals surface area (Å²) in [6, 6.07) is 6.49. The van der Waals surface area contributed by atoms with Gasteiger partial charge < -0.3 is 10.5 Å². The number of nitrogens with two attached hydrogens (primary N) is 1. The molecular formula is C16H21N3O. The maximum absolute atomic E-state index is 6.17. The molecule has 1 aromatic carbocycles. The van der Waals surface area contributed by atoms with Crippen molar-refractivity contribution in [3.8, 4) is 17.0 Å². The smallest absolute Gasteiger partial charge is 0.128 e. The molecular weight excluding hydrogens is 250 g/mol. The number of nitrogens with zero attached hydrogens (tertiary/aromatic N) is 2. The molecule has 2 N–H and O–H groups in total. The molecule has 1 aromatic heterocycles. The first-order valence-electron chi connectivity index (χ1n) is 7.09. The second-order valence-electron chi connectivity index (χ2n) is 5.69. The number of aromatic nitrogens is 2. The largest absolute Gasteiger partial charge is 0.496 e. The summed E-state index contributed by atoms with van der Waals surface area (Å²) in [6.45, 7) is 4.27. The molecule has 106 valence electrons. The number of rotatable bonds is 4. The van der Waals surface area contributed by atoms with Gasteiger partial charge in [0.05, 0.1) is 18.8 Å². The number of anilines is 1. The fraction of sp³-hybridized carbons (Fsp3) is 0.438. The molecule has 1 heterocycles. The molecule has 0 aliphatic heterocycles. The van der Waals surface area contributed by atoms with Gasteiger partial charge in [-0.05, 0) is 44.7 Å². The maximum atomic E-state index is 6.17. The number of benzene rings is 1. The van der Waals surface area contributed by atoms with E-state index in [-0.39, 0.29) is 0 Å². The zero-order valence-corrected chi connectivity index (χ0v) is 12.3. The molecule has 0 saturated heterocycles. The molecule has 3 rings (SSSR count). The molecule has 1 atom stereocenters. The third-order valence-corrected chi connectivity index (χ3v) is 4.09. The monoisotopic (exact) mass is 271 g/mol. The minimum atomic E-state index is 0.418. The van der Waals surface area contributed by atoms with Gasteiger partial charge in [-0.15, -0.1) is 0 Å². The van der Waals surface area contributed by atoms with Crippen LogP contribution in [0.25, 0.3) is 11.3 Å². The summed E-state index contributed by atoms with van der Waals surface area (Å²) < 4.78 is 7.44. The van der Waals surface area contributed by atoms with Crippen molar-refractivity contribution in [3.63, 3.8) is 0 Å². The molecule has 2 aromatic rings. The van der Waals surface area contributed by atoms with Gasteiger partial charge in [0.25, 0.3) is 0 Å². The van der Waals surface area contributed by atoms with Gasteiger partial charge in [-0.3, -0.25) is 4.68 Å². The Balaban J connectivity index is 2.03. The average molecular weight is 271 g/mol. The quantitative estimate of drug-likeness (QED) is 0.927. The van der Waals surface area contributed by atoms with Crippen LogP contribution >= 0.6 is 0 Å². The van der Waals surface area contributed by atoms with Gasteiger partial charge in [0, 0.05) is 11.8 Å². The van der Waals surface area contributed by atoms with Crippen molar-refractivity contribution in [2.75, 3.05) is 12.8 Å². The summed E-state index contributed by atoms with van der Waals surface area (Å²) in [7, 11) is 1.67. The third-order valence-electron chi connectivity index (χ3n) is 4.09. The van der Waals surface area contributed by atoms with Gasteiger partial charge in [-0.2, -0.15) is 5.10 Å². The number of methoxy groups -OCH3 is 1. The average Bonchev–Trinajstić information content (AvgIpc) is 3.21. The Morgan fingerprint density at radius 2 is 2.15 bits per heavy atom. The van der Waals surface area contributed by atoms with E-state index in [0.717, 1.165) is 22.9 Å². The van der Waals surface area contributed by atoms with Crippen LogP contribution < -0.4 is 10.5 Å². The normalized spacial score (nSPS) is 16.1. The molecule has 0 bridgehead atoms. The second-order valence-corrected chi connectivity index (χ2v) is 5.69. The summed E-state index contributed by atoms with van der Waals surface area (Å²) in [5, 5.41) is 4.70. The first-order valence-corrected chi connectivity index (χ1v) is 7.09. The number of aryl methyl sites for hydroxylation is 1. The summed E-state index contributed by atoms with van der Waals surface area (Å²) >= 11 is 0. The van der Waals surface area contributed by atoms with Crippen molar-refractivity contribution < 1.29 is 4.74 Å². The van der Waals surface area contributed by atoms with Gasteiger partial charge in [0.1, 0.15) is 11.4 Å². The van der Waals surface area contributed by atoms with Gasteiger partial charge in [0.15, 0.2) is 0 Å². The lowest BCUT2D eigenvalue weighted by Crippen LogP contribution is -2.07. The Bertz CT molecular complexity index is 629. The zero-order valence-electron chi connectivity index (χ0n) is 12.3. The molecule has 1 aliphatic rings. The summed E-state index contributed by atoms with van der Waals surface area (Å²) in [5.41, 5.74) is 9.83. The van der Waals surface area contributed by atoms with Crippen molar-refractivity contribution >= 4 is 5.69 Å². The lowest BCUT2D eigenvalue weighted by atomic mass is 10.1. The predicted molar refractivity (Wildman–Crippen MR) is 80.8 cm³/mol. The molecule has 1 saturated carbocycles. The number of nitrogen functional groups attached to an aromatic ring is 1. The zero-order chi connectivity index (χ0) is 14.3. The number of ether oxygens (including phenoxy) is 1. The van der Waals surface area contributed by atoms with Crippen molar-refractivity contribution in [2.45, 2.75) is 32.7 Å². The second kappa shape index (κ2) is 4.85. The fourth-order valence-electron chi connectivity index (χ4n) is 2.63. The van der Waals surface area contributed by atoms with Crippen molar-refractivity contribution in [1.29, 1.82) is 0 Å². The molecule has 4 nitrogen and oxygen atoms in total. The highest BCUT2D eigenvalue weighted by Crippen LogP contribution is 2.41. The van der Waals surface area contributed by atoms with Crippen LogP contribution in [0, 0.1) is 12.8 Å². The van der Waals surface area contributed by atoms with Gasteiger partial charge >= 0.3 is 0 Å². The SMILES string of the molecule is COc1ccc(C)cc1-c1nn(C(C)C2CC2)cc1N. The van der Waals surface area contributed by atoms with E-state index >= 15 is 0 Å². The molecule has 20 heavy (non-hydrogen) atoms. The Labute approximate surface area is 119 Å². The topological polar surface area (TPSA) is 53.1 Å². The lowest BCUT2D eigenvalue weighted by molar-refractivity contribution is 0.415. The highest BCUT2D eigenvalue weighted by Gasteiger charge is 2.30. The van der Waals surface area contributed by atoms with Crippen molar-refractivity contribution in [1.82, 2.24) is 9.78 Å². The summed E-state index contributed by atoms with van der Waals surface area (Å²) in [6.07, 6.45) is 4.54. The Morgan fingerprint density at radius 3 is 2.80 bits per heavy atom. The molecule has 1 aliphatic carbocycles. The minimum absolute atomic E-state index is 0.418. The predicted octanol–water partition coefficient (Wildman–Crippen LogP) is 3.42. The van der Waals surface area contributed by atoms with Crippen LogP contribution in [0.4, 0.5) is 5.69 Å². The van der Waals surface area contributed by atoms with E-state index in [0.29, 0.717) is 11.7 Å². The molecule has 1 unspecified atom stereocenters. The Hall–Kier alpha value is -1.97. The number of hydrogen-bond acceptors (Lipinski definition) is 3. The van der Waals surface area contributed by atoms with Crippen LogP contribution in [-0.4, -0.2) is 16.9 Å². The van der Waals surface area contributed by atoms with E-state index < -0.39 is 0 Å². The van der Waals surface area contributed by atoms with Gasteiger partial charge in [-0.1, -0.05) is 11.6 Å². The molecule has 0 radical (unpaired) electrons. The van der Waals surface area contributed by atoms with Crippen LogP contribution in [-0.2, 0) is 0 Å². The Morgan fingerprint density at radius 1 is 1.40 bits per heavy atom. The maximum Gasteiger partial charge on any atom is 0.128 e. The van der Waals surface area contributed by atoms with E-state index in [1.807, 2.05) is 23.0 Å². The van der Waals surface area contributed by atoms with Crippen molar-refractivity contribution in [2.24, 2.45) is 5.92 Å². The molecule has 0 amide bonds. The first-order chi connectivity index (χ1) is 9.60. The Kier molecular flexibility index (Phi) is 3.16. The van der Waals surface area contributed by atoms with E-state index in [1.165, 1.54) is 18.4 Å². The molecule has 0 spiro atoms. The van der Waals surface area contributed by atoms with Crippen LogP contribution in [0.5, 0.6) is 5.75 Å². The van der Waals surface area contributed by atoms with E-state index in [9.17, 15) is 0 Å². The fourth-order valence-corrected chi connectivity index (χ4v) is 2.63. The van der Waals surface area contributed by atoms with Gasteiger partial charge in [-0.25, -0.2) is 0 Å². The number of hydrogen-bond donors (Lipinski definition) is 1. The highest BCUT2D eigenvalue weighted by molar-refractivity contribution is 5.77. The van der Waals surface area contributed by atoms with Crippen LogP contribution in [0.1, 0.15) is 31.4 Å². The lowest BCUT2D eigenvalue weighted by Gasteiger charge is -2.10. The summed E-state index contributed by atoms with van der Waals surface area (Å²) in [4.78, 5) is 0. The van der Waals surface area contributed by atoms with E-state index in [1.54, 1.807) is 7.11 Å². The van der Waals surface area contributed by atoms with Crippen LogP contribution in [0.3, 0.4) is 0 Å². The van der Waals surface area contributed by atoms with Crippen molar-refractivity contribution in [3.05, 3.63) is 30.0 Å². The first kappa shape index (κ1) is 13.0. The van der Waals surface area contributed by atoms with Crippen LogP contribution in [0.15, 0.2) is 24.4 Å². The molecule has 4 heteroatoms. The highest BCUT2D eigenvalue weighted by atomic mass is 16.5. The minimum Gasteiger partial charge on any atom is -0.496 e. The molecule has 1 fully saturated rings. The van der Waals surface area contributed by atoms with Crippen LogP contribution in [0.2, 0.25) is 0 Å². The van der Waals surface area contributed by atoms with E-state index in [4.69, 9.17) is 15.6 Å². The standard InChI is InChI=1S/C16H21N3O/c1-10-4-7-15(20-3)13(8-10)16-14(17)9-19(18-16)11(2)12-5-6-12/h4,7-9,11-12H,5-6,17H2,1-3H3. The van der Waals surface area contributed by atoms with Gasteiger partial charge in [0.2, 0.25) is 0 Å².